The zero-order chi connectivity index (χ0) is 27.5. The van der Waals surface area contributed by atoms with Gasteiger partial charge in [-0.3, -0.25) is 19.4 Å². The molecule has 40 heavy (non-hydrogen) atoms. The largest absolute Gasteiger partial charge is 0.444 e. The first-order valence-electron chi connectivity index (χ1n) is 13.8. The van der Waals surface area contributed by atoms with Crippen LogP contribution in [0.25, 0.3) is 0 Å². The molecule has 1 spiro atoms. The van der Waals surface area contributed by atoms with Crippen molar-refractivity contribution in [3.63, 3.8) is 0 Å². The second kappa shape index (κ2) is 11.6. The first kappa shape index (κ1) is 26.8. The van der Waals surface area contributed by atoms with Crippen LogP contribution in [0.2, 0.25) is 0 Å². The predicted molar refractivity (Wildman–Crippen MR) is 157 cm³/mol. The minimum absolute atomic E-state index is 0.111. The van der Waals surface area contributed by atoms with Gasteiger partial charge in [-0.25, -0.2) is 9.78 Å². The maximum absolute atomic E-state index is 14.4. The van der Waals surface area contributed by atoms with E-state index in [1.165, 1.54) is 11.3 Å². The molecule has 2 saturated carbocycles. The highest BCUT2D eigenvalue weighted by Gasteiger charge is 2.54. The minimum Gasteiger partial charge on any atom is -0.444 e. The van der Waals surface area contributed by atoms with Crippen LogP contribution in [-0.4, -0.2) is 50.5 Å². The van der Waals surface area contributed by atoms with Crippen molar-refractivity contribution in [3.8, 4) is 0 Å². The predicted octanol–water partition coefficient (Wildman–Crippen LogP) is 6.11. The van der Waals surface area contributed by atoms with Crippen LogP contribution >= 0.6 is 23.1 Å². The zero-order valence-corrected chi connectivity index (χ0v) is 23.8. The lowest BCUT2D eigenvalue weighted by Crippen LogP contribution is -2.55. The highest BCUT2D eigenvalue weighted by atomic mass is 32.2. The number of thiazole rings is 1. The molecular weight excluding hydrogens is 544 g/mol. The number of nitrogens with zero attached hydrogens (tertiary/aromatic N) is 3. The Morgan fingerprint density at radius 1 is 1.02 bits per heavy atom. The Morgan fingerprint density at radius 3 is 2.45 bits per heavy atom. The summed E-state index contributed by atoms with van der Waals surface area (Å²) in [5.74, 6) is 0.153. The fraction of sp³-hybridized carbons (Fsp3) is 0.400. The summed E-state index contributed by atoms with van der Waals surface area (Å²) in [5, 5.41) is 5.34. The van der Waals surface area contributed by atoms with Crippen LogP contribution in [-0.2, 0) is 16.1 Å². The van der Waals surface area contributed by atoms with E-state index >= 15 is 0 Å². The average Bonchev–Trinajstić information content (AvgIpc) is 3.49. The number of ether oxygens (including phenoxy) is 1. The molecule has 10 heteroatoms. The van der Waals surface area contributed by atoms with Crippen molar-refractivity contribution in [2.24, 2.45) is 0 Å². The maximum Gasteiger partial charge on any atom is 0.411 e. The van der Waals surface area contributed by atoms with E-state index < -0.39 is 17.0 Å². The van der Waals surface area contributed by atoms with Crippen LogP contribution in [0.3, 0.4) is 0 Å². The van der Waals surface area contributed by atoms with E-state index in [1.807, 2.05) is 35.7 Å². The van der Waals surface area contributed by atoms with Gasteiger partial charge in [0.1, 0.15) is 12.6 Å². The van der Waals surface area contributed by atoms with Crippen LogP contribution in [0.15, 0.2) is 66.2 Å². The second-order valence-electron chi connectivity index (χ2n) is 10.5. The Hall–Kier alpha value is -3.37. The lowest BCUT2D eigenvalue weighted by Gasteiger charge is -2.42. The van der Waals surface area contributed by atoms with Crippen molar-refractivity contribution in [3.05, 3.63) is 77.3 Å². The molecule has 1 aliphatic heterocycles. The van der Waals surface area contributed by atoms with Gasteiger partial charge in [-0.15, -0.1) is 23.1 Å². The molecule has 1 atom stereocenters. The summed E-state index contributed by atoms with van der Waals surface area (Å²) < 4.78 is 5.82. The summed E-state index contributed by atoms with van der Waals surface area (Å²) in [4.78, 5) is 47.9. The molecule has 8 nitrogen and oxygen atoms in total. The third-order valence-electron chi connectivity index (χ3n) is 7.71. The van der Waals surface area contributed by atoms with Crippen molar-refractivity contribution in [2.75, 3.05) is 10.7 Å². The third kappa shape index (κ3) is 5.60. The molecule has 1 aromatic heterocycles. The van der Waals surface area contributed by atoms with Gasteiger partial charge >= 0.3 is 6.09 Å². The SMILES string of the molecule is O=C(NC1CC1)c1ccc(N(C(=O)C2CSC3(CCCCC3)N2C(=O)OCc2ccccc2)c2nccs2)cc1. The Bertz CT molecular complexity index is 1340. The van der Waals surface area contributed by atoms with Crippen molar-refractivity contribution in [2.45, 2.75) is 68.5 Å². The lowest BCUT2D eigenvalue weighted by molar-refractivity contribution is -0.122. The number of hydrogen-bond acceptors (Lipinski definition) is 7. The van der Waals surface area contributed by atoms with E-state index in [0.717, 1.165) is 50.5 Å². The van der Waals surface area contributed by atoms with Gasteiger partial charge in [0.15, 0.2) is 5.13 Å². The summed E-state index contributed by atoms with van der Waals surface area (Å²) in [6.45, 7) is 0.151. The number of amides is 3. The van der Waals surface area contributed by atoms with E-state index in [0.29, 0.717) is 22.1 Å². The molecule has 3 aliphatic rings. The maximum atomic E-state index is 14.4. The van der Waals surface area contributed by atoms with Crippen molar-refractivity contribution in [1.29, 1.82) is 0 Å². The van der Waals surface area contributed by atoms with Crippen LogP contribution in [0.5, 0.6) is 0 Å². The molecule has 1 unspecified atom stereocenters. The number of benzene rings is 2. The Morgan fingerprint density at radius 2 is 1.77 bits per heavy atom. The van der Waals surface area contributed by atoms with Gasteiger partial charge in [0.05, 0.1) is 10.6 Å². The van der Waals surface area contributed by atoms with Crippen LogP contribution in [0, 0.1) is 0 Å². The second-order valence-corrected chi connectivity index (χ2v) is 12.8. The molecule has 3 fully saturated rings. The number of rotatable bonds is 7. The molecule has 208 valence electrons. The van der Waals surface area contributed by atoms with E-state index in [9.17, 15) is 14.4 Å². The van der Waals surface area contributed by atoms with Crippen LogP contribution < -0.4 is 10.2 Å². The molecule has 2 aliphatic carbocycles. The van der Waals surface area contributed by atoms with Gasteiger partial charge in [0, 0.05) is 28.9 Å². The molecule has 0 radical (unpaired) electrons. The number of thioether (sulfide) groups is 1. The van der Waals surface area contributed by atoms with Crippen molar-refractivity contribution >= 4 is 51.8 Å². The minimum atomic E-state index is -0.701. The topological polar surface area (TPSA) is 91.8 Å². The van der Waals surface area contributed by atoms with Gasteiger partial charge in [0.2, 0.25) is 0 Å². The molecule has 2 heterocycles. The summed E-state index contributed by atoms with van der Waals surface area (Å²) in [5.41, 5.74) is 2.06. The van der Waals surface area contributed by atoms with Crippen molar-refractivity contribution < 1.29 is 19.1 Å². The average molecular weight is 577 g/mol. The quantitative estimate of drug-likeness (QED) is 0.365. The van der Waals surface area contributed by atoms with Crippen LogP contribution in [0.4, 0.5) is 15.6 Å². The number of carbonyl (C=O) groups is 3. The monoisotopic (exact) mass is 576 g/mol. The number of aromatic nitrogens is 1. The Kier molecular flexibility index (Phi) is 7.80. The molecule has 6 rings (SSSR count). The zero-order valence-electron chi connectivity index (χ0n) is 22.2. The standard InChI is InChI=1S/C30H32N4O4S2/c35-26(32-23-11-12-23)22-9-13-24(14-10-22)33(28-31-17-18-39-28)27(36)25-20-40-30(15-5-2-6-16-30)34(25)29(37)38-19-21-7-3-1-4-8-21/h1,3-4,7-10,13-14,17-18,23,25H,2,5-6,11-12,15-16,19-20H2,(H,32,35). The Labute approximate surface area is 242 Å². The van der Waals surface area contributed by atoms with E-state index in [1.54, 1.807) is 52.0 Å². The van der Waals surface area contributed by atoms with Gasteiger partial charge in [-0.05, 0) is 55.5 Å². The first-order valence-corrected chi connectivity index (χ1v) is 15.7. The summed E-state index contributed by atoms with van der Waals surface area (Å²) >= 11 is 3.05. The van der Waals surface area contributed by atoms with Gasteiger partial charge in [-0.2, -0.15) is 0 Å². The molecular formula is C30H32N4O4S2. The number of hydrogen-bond donors (Lipinski definition) is 1. The molecule has 0 bridgehead atoms. The fourth-order valence-corrected chi connectivity index (χ4v) is 7.83. The van der Waals surface area contributed by atoms with Crippen molar-refractivity contribution in [1.82, 2.24) is 15.2 Å². The normalized spacial score (nSPS) is 19.8. The van der Waals surface area contributed by atoms with Gasteiger partial charge < -0.3 is 10.1 Å². The summed E-state index contributed by atoms with van der Waals surface area (Å²) in [7, 11) is 0. The Balaban J connectivity index is 1.28. The lowest BCUT2D eigenvalue weighted by atomic mass is 9.92. The number of nitrogens with one attached hydrogen (secondary N) is 1. The summed E-state index contributed by atoms with van der Waals surface area (Å²) in [6, 6.07) is 16.2. The molecule has 3 amide bonds. The smallest absolute Gasteiger partial charge is 0.411 e. The fourth-order valence-electron chi connectivity index (χ4n) is 5.48. The molecule has 1 saturated heterocycles. The van der Waals surface area contributed by atoms with E-state index in [2.05, 4.69) is 10.3 Å². The van der Waals surface area contributed by atoms with Gasteiger partial charge in [-0.1, -0.05) is 49.6 Å². The van der Waals surface area contributed by atoms with Crippen LogP contribution in [0.1, 0.15) is 60.9 Å². The number of anilines is 2. The molecule has 3 aromatic rings. The van der Waals surface area contributed by atoms with E-state index in [4.69, 9.17) is 4.74 Å². The third-order valence-corrected chi connectivity index (χ3v) is 10.1. The van der Waals surface area contributed by atoms with E-state index in [-0.39, 0.29) is 24.5 Å². The summed E-state index contributed by atoms with van der Waals surface area (Å²) in [6.07, 6.45) is 8.06. The highest BCUT2D eigenvalue weighted by molar-refractivity contribution is 8.01. The highest BCUT2D eigenvalue weighted by Crippen LogP contribution is 2.50. The molecule has 2 aromatic carbocycles. The van der Waals surface area contributed by atoms with Gasteiger partial charge in [0.25, 0.3) is 11.8 Å². The molecule has 1 N–H and O–H groups in total. The number of carbonyl (C=O) groups excluding carboxylic acids is 3. The first-order chi connectivity index (χ1) is 19.5.